The van der Waals surface area contributed by atoms with Gasteiger partial charge in [-0.1, -0.05) is 41.5 Å². The third-order valence-corrected chi connectivity index (χ3v) is 2.97. The van der Waals surface area contributed by atoms with Crippen LogP contribution in [0.3, 0.4) is 0 Å². The van der Waals surface area contributed by atoms with Gasteiger partial charge in [0.25, 0.3) is 0 Å². The van der Waals surface area contributed by atoms with Crippen LogP contribution in [0.1, 0.15) is 63.0 Å². The third kappa shape index (κ3) is 3.70. The molecule has 0 saturated carbocycles. The molecule has 0 aliphatic carbocycles. The predicted octanol–water partition coefficient (Wildman–Crippen LogP) is 2.86. The molecule has 0 amide bonds. The van der Waals surface area contributed by atoms with Crippen molar-refractivity contribution in [3.63, 3.8) is 0 Å². The highest BCUT2D eigenvalue weighted by molar-refractivity contribution is 5.88. The van der Waals surface area contributed by atoms with Crippen LogP contribution in [0.15, 0.2) is 12.1 Å². The van der Waals surface area contributed by atoms with Crippen LogP contribution in [0.5, 0.6) is 5.75 Å². The van der Waals surface area contributed by atoms with E-state index < -0.39 is 5.97 Å². The van der Waals surface area contributed by atoms with E-state index in [0.29, 0.717) is 11.1 Å². The summed E-state index contributed by atoms with van der Waals surface area (Å²) in [5, 5.41) is 19.5. The summed E-state index contributed by atoms with van der Waals surface area (Å²) in [6.45, 7) is 11.8. The van der Waals surface area contributed by atoms with Gasteiger partial charge in [-0.15, -0.1) is 0 Å². The molecule has 0 aliphatic heterocycles. The van der Waals surface area contributed by atoms with Crippen molar-refractivity contribution in [3.8, 4) is 5.75 Å². The first-order valence-electron chi connectivity index (χ1n) is 6.06. The van der Waals surface area contributed by atoms with Gasteiger partial charge in [-0.25, -0.2) is 4.79 Å². The Morgan fingerprint density at radius 1 is 0.947 bits per heavy atom. The fourth-order valence-electron chi connectivity index (χ4n) is 1.90. The van der Waals surface area contributed by atoms with Crippen LogP contribution < -0.4 is 0 Å². The molecular formula is C15H24O4. The quantitative estimate of drug-likeness (QED) is 0.820. The molecule has 0 atom stereocenters. The monoisotopic (exact) mass is 268 g/mol. The lowest BCUT2D eigenvalue weighted by Gasteiger charge is -2.27. The molecule has 0 heterocycles. The van der Waals surface area contributed by atoms with Gasteiger partial charge in [-0.3, -0.25) is 0 Å². The average molecular weight is 268 g/mol. The minimum absolute atomic E-state index is 0. The van der Waals surface area contributed by atoms with Gasteiger partial charge in [-0.05, 0) is 23.0 Å². The summed E-state index contributed by atoms with van der Waals surface area (Å²) in [5.41, 5.74) is 0.979. The van der Waals surface area contributed by atoms with Crippen molar-refractivity contribution in [3.05, 3.63) is 28.8 Å². The molecule has 19 heavy (non-hydrogen) atoms. The predicted molar refractivity (Wildman–Crippen MR) is 76.1 cm³/mol. The zero-order valence-electron chi connectivity index (χ0n) is 12.5. The van der Waals surface area contributed by atoms with E-state index in [1.165, 1.54) is 0 Å². The summed E-state index contributed by atoms with van der Waals surface area (Å²) >= 11 is 0. The Morgan fingerprint density at radius 3 is 1.47 bits per heavy atom. The topological polar surface area (TPSA) is 89.0 Å². The molecule has 0 radical (unpaired) electrons. The summed E-state index contributed by atoms with van der Waals surface area (Å²) in [4.78, 5) is 11.2. The lowest BCUT2D eigenvalue weighted by atomic mass is 9.78. The maximum atomic E-state index is 11.2. The molecule has 0 aromatic heterocycles. The highest BCUT2D eigenvalue weighted by Crippen LogP contribution is 2.39. The van der Waals surface area contributed by atoms with Crippen LogP contribution in [0.4, 0.5) is 0 Å². The highest BCUT2D eigenvalue weighted by Gasteiger charge is 2.27. The van der Waals surface area contributed by atoms with Crippen molar-refractivity contribution < 1.29 is 20.5 Å². The van der Waals surface area contributed by atoms with Gasteiger partial charge in [0, 0.05) is 11.1 Å². The van der Waals surface area contributed by atoms with E-state index in [1.807, 2.05) is 41.5 Å². The van der Waals surface area contributed by atoms with Crippen LogP contribution in [0.2, 0.25) is 0 Å². The Balaban J connectivity index is 0.00000324. The molecule has 1 aromatic rings. The van der Waals surface area contributed by atoms with Gasteiger partial charge in [0.2, 0.25) is 0 Å². The van der Waals surface area contributed by atoms with Crippen LogP contribution >= 0.6 is 0 Å². The van der Waals surface area contributed by atoms with Crippen molar-refractivity contribution in [2.45, 2.75) is 52.4 Å². The summed E-state index contributed by atoms with van der Waals surface area (Å²) in [7, 11) is 0. The minimum Gasteiger partial charge on any atom is -0.507 e. The first-order chi connectivity index (χ1) is 7.94. The number of carbonyl (C=O) groups is 1. The average Bonchev–Trinajstić information content (AvgIpc) is 2.13. The highest BCUT2D eigenvalue weighted by atomic mass is 16.4. The van der Waals surface area contributed by atoms with Crippen LogP contribution in [-0.4, -0.2) is 21.7 Å². The molecule has 4 heteroatoms. The second kappa shape index (κ2) is 5.21. The Hall–Kier alpha value is -1.55. The van der Waals surface area contributed by atoms with Gasteiger partial charge < -0.3 is 15.7 Å². The Bertz CT molecular complexity index is 441. The molecule has 0 spiro atoms. The first kappa shape index (κ1) is 17.4. The van der Waals surface area contributed by atoms with Gasteiger partial charge in [0.1, 0.15) is 5.75 Å². The van der Waals surface area contributed by atoms with Crippen molar-refractivity contribution >= 4 is 5.97 Å². The lowest BCUT2D eigenvalue weighted by Crippen LogP contribution is -2.18. The van der Waals surface area contributed by atoms with Gasteiger partial charge in [0.15, 0.2) is 0 Å². The maximum absolute atomic E-state index is 11.2. The Kier molecular flexibility index (Phi) is 4.79. The molecule has 0 fully saturated rings. The number of aromatic hydroxyl groups is 1. The molecular weight excluding hydrogens is 244 g/mol. The van der Waals surface area contributed by atoms with Crippen LogP contribution in [-0.2, 0) is 10.8 Å². The van der Waals surface area contributed by atoms with E-state index in [-0.39, 0.29) is 27.6 Å². The van der Waals surface area contributed by atoms with Crippen molar-refractivity contribution in [1.29, 1.82) is 0 Å². The third-order valence-electron chi connectivity index (χ3n) is 2.97. The fourth-order valence-corrected chi connectivity index (χ4v) is 1.90. The number of benzene rings is 1. The van der Waals surface area contributed by atoms with Crippen molar-refractivity contribution in [2.75, 3.05) is 0 Å². The summed E-state index contributed by atoms with van der Waals surface area (Å²) in [6, 6.07) is 3.12. The molecule has 0 saturated heterocycles. The maximum Gasteiger partial charge on any atom is 0.335 e. The molecule has 0 aliphatic rings. The number of hydrogen-bond donors (Lipinski definition) is 2. The largest absolute Gasteiger partial charge is 0.507 e. The van der Waals surface area contributed by atoms with Gasteiger partial charge in [0.05, 0.1) is 5.56 Å². The van der Waals surface area contributed by atoms with Crippen molar-refractivity contribution in [2.24, 2.45) is 0 Å². The normalized spacial score (nSPS) is 11.9. The number of hydrogen-bond acceptors (Lipinski definition) is 2. The number of rotatable bonds is 1. The molecule has 1 rings (SSSR count). The summed E-state index contributed by atoms with van der Waals surface area (Å²) in [6.07, 6.45) is 0. The van der Waals surface area contributed by atoms with Crippen molar-refractivity contribution in [1.82, 2.24) is 0 Å². The standard InChI is InChI=1S/C15H22O3.H2O/c1-14(2,3)10-7-9(13(17)18)8-11(12(10)16)15(4,5)6;/h7-8,16H,1-6H3,(H,17,18);1H2. The SMILES string of the molecule is CC(C)(C)c1cc(C(=O)O)cc(C(C)(C)C)c1O.O. The number of carboxylic acids is 1. The molecule has 4 nitrogen and oxygen atoms in total. The van der Waals surface area contributed by atoms with E-state index >= 15 is 0 Å². The Morgan fingerprint density at radius 2 is 1.26 bits per heavy atom. The van der Waals surface area contributed by atoms with E-state index in [0.717, 1.165) is 0 Å². The summed E-state index contributed by atoms with van der Waals surface area (Å²) in [5.74, 6) is -0.758. The molecule has 0 bridgehead atoms. The van der Waals surface area contributed by atoms with E-state index in [1.54, 1.807) is 12.1 Å². The molecule has 4 N–H and O–H groups in total. The fraction of sp³-hybridized carbons (Fsp3) is 0.533. The smallest absolute Gasteiger partial charge is 0.335 e. The number of phenolic OH excluding ortho intramolecular Hbond substituents is 1. The van der Waals surface area contributed by atoms with Gasteiger partial charge in [-0.2, -0.15) is 0 Å². The lowest BCUT2D eigenvalue weighted by molar-refractivity contribution is 0.0696. The zero-order valence-corrected chi connectivity index (χ0v) is 12.5. The molecule has 1 aromatic carbocycles. The second-order valence-electron chi connectivity index (χ2n) is 6.73. The molecule has 0 unspecified atom stereocenters. The van der Waals surface area contributed by atoms with E-state index in [4.69, 9.17) is 0 Å². The summed E-state index contributed by atoms with van der Waals surface area (Å²) < 4.78 is 0. The number of phenols is 1. The van der Waals surface area contributed by atoms with Crippen LogP contribution in [0, 0.1) is 0 Å². The molecule has 108 valence electrons. The van der Waals surface area contributed by atoms with Crippen LogP contribution in [0.25, 0.3) is 0 Å². The van der Waals surface area contributed by atoms with Gasteiger partial charge >= 0.3 is 5.97 Å². The van der Waals surface area contributed by atoms with E-state index in [2.05, 4.69) is 0 Å². The second-order valence-corrected chi connectivity index (χ2v) is 6.73. The number of carboxylic acid groups (broad SMARTS) is 1. The first-order valence-corrected chi connectivity index (χ1v) is 6.06. The van der Waals surface area contributed by atoms with E-state index in [9.17, 15) is 15.0 Å². The minimum atomic E-state index is -0.967. The zero-order chi connectivity index (χ0) is 14.3. The Labute approximate surface area is 114 Å². The number of aromatic carboxylic acids is 1.